The number of aryl methyl sites for hydroxylation is 1. The number of amides is 2. The number of halogens is 3. The van der Waals surface area contributed by atoms with Gasteiger partial charge >= 0.3 is 6.18 Å². The molecule has 0 aliphatic heterocycles. The summed E-state index contributed by atoms with van der Waals surface area (Å²) in [6, 6.07) is 3.32. The number of nitrogens with one attached hydrogen (secondary N) is 2. The highest BCUT2D eigenvalue weighted by Crippen LogP contribution is 2.19. The van der Waals surface area contributed by atoms with Gasteiger partial charge in [0.15, 0.2) is 6.10 Å². The molecule has 1 aromatic heterocycles. The third-order valence-electron chi connectivity index (χ3n) is 2.24. The minimum Gasteiger partial charge on any atom is -0.382 e. The second kappa shape index (κ2) is 6.71. The molecule has 0 saturated carbocycles. The van der Waals surface area contributed by atoms with Gasteiger partial charge in [0.2, 0.25) is 5.91 Å². The molecule has 0 aliphatic rings. The average Bonchev–Trinajstić information content (AvgIpc) is 2.78. The van der Waals surface area contributed by atoms with Crippen LogP contribution in [0.5, 0.6) is 0 Å². The van der Waals surface area contributed by atoms with E-state index in [-0.39, 0.29) is 0 Å². The largest absolute Gasteiger partial charge is 0.416 e. The molecule has 0 spiro atoms. The van der Waals surface area contributed by atoms with E-state index in [2.05, 4.69) is 5.32 Å². The van der Waals surface area contributed by atoms with Gasteiger partial charge in [-0.15, -0.1) is 11.3 Å². The molecule has 5 nitrogen and oxygen atoms in total. The maximum absolute atomic E-state index is 12.0. The quantitative estimate of drug-likeness (QED) is 0.753. The summed E-state index contributed by atoms with van der Waals surface area (Å²) >= 11 is 1.24. The predicted molar refractivity (Wildman–Crippen MR) is 66.5 cm³/mol. The molecule has 20 heavy (non-hydrogen) atoms. The third-order valence-corrected chi connectivity index (χ3v) is 3.24. The van der Waals surface area contributed by atoms with Crippen molar-refractivity contribution < 1.29 is 27.9 Å². The van der Waals surface area contributed by atoms with Gasteiger partial charge < -0.3 is 15.7 Å². The summed E-state index contributed by atoms with van der Waals surface area (Å²) in [4.78, 5) is 24.1. The first-order valence-electron chi connectivity index (χ1n) is 5.56. The van der Waals surface area contributed by atoms with Crippen molar-refractivity contribution in [3.8, 4) is 0 Å². The van der Waals surface area contributed by atoms with Gasteiger partial charge in [-0.1, -0.05) is 0 Å². The van der Waals surface area contributed by atoms with Crippen LogP contribution in [0.15, 0.2) is 12.1 Å². The molecule has 0 aliphatic carbocycles. The number of alkyl halides is 3. The summed E-state index contributed by atoms with van der Waals surface area (Å²) in [5.74, 6) is -1.29. The fourth-order valence-corrected chi connectivity index (χ4v) is 1.98. The van der Waals surface area contributed by atoms with Gasteiger partial charge in [-0.05, 0) is 19.1 Å². The highest BCUT2D eigenvalue weighted by atomic mass is 32.1. The van der Waals surface area contributed by atoms with Crippen LogP contribution >= 0.6 is 11.3 Å². The number of thiophene rings is 1. The van der Waals surface area contributed by atoms with Crippen LogP contribution in [0, 0.1) is 6.92 Å². The van der Waals surface area contributed by atoms with Crippen molar-refractivity contribution in [2.45, 2.75) is 19.2 Å². The van der Waals surface area contributed by atoms with Crippen LogP contribution in [-0.4, -0.2) is 42.3 Å². The smallest absolute Gasteiger partial charge is 0.382 e. The third kappa shape index (κ3) is 5.17. The second-order valence-corrected chi connectivity index (χ2v) is 5.24. The molecule has 3 N–H and O–H groups in total. The van der Waals surface area contributed by atoms with E-state index in [9.17, 15) is 22.8 Å². The molecular formula is C11H13F3N2O3S. The zero-order valence-corrected chi connectivity index (χ0v) is 11.3. The number of hydrogen-bond acceptors (Lipinski definition) is 4. The summed E-state index contributed by atoms with van der Waals surface area (Å²) < 4.78 is 35.9. The van der Waals surface area contributed by atoms with Gasteiger partial charge in [0.1, 0.15) is 0 Å². The molecule has 1 atom stereocenters. The zero-order valence-electron chi connectivity index (χ0n) is 10.5. The molecule has 2 amide bonds. The SMILES string of the molecule is Cc1ccc(C(=O)NCC(=O)NCC(O)C(F)(F)F)s1. The Labute approximate surface area is 116 Å². The topological polar surface area (TPSA) is 78.4 Å². The summed E-state index contributed by atoms with van der Waals surface area (Å²) in [5, 5.41) is 12.8. The molecule has 0 fully saturated rings. The molecule has 0 bridgehead atoms. The van der Waals surface area contributed by atoms with Crippen molar-refractivity contribution in [1.29, 1.82) is 0 Å². The molecule has 1 unspecified atom stereocenters. The van der Waals surface area contributed by atoms with Gasteiger partial charge in [-0.25, -0.2) is 0 Å². The van der Waals surface area contributed by atoms with E-state index >= 15 is 0 Å². The van der Waals surface area contributed by atoms with Crippen molar-refractivity contribution in [1.82, 2.24) is 10.6 Å². The average molecular weight is 310 g/mol. The molecule has 9 heteroatoms. The van der Waals surface area contributed by atoms with Gasteiger partial charge in [0.05, 0.1) is 18.0 Å². The van der Waals surface area contributed by atoms with Crippen LogP contribution in [-0.2, 0) is 4.79 Å². The lowest BCUT2D eigenvalue weighted by atomic mass is 10.3. The van der Waals surface area contributed by atoms with Crippen molar-refractivity contribution >= 4 is 23.2 Å². The Morgan fingerprint density at radius 2 is 2.00 bits per heavy atom. The molecule has 0 saturated heterocycles. The van der Waals surface area contributed by atoms with Crippen LogP contribution in [0.2, 0.25) is 0 Å². The predicted octanol–water partition coefficient (Wildman–Crippen LogP) is 0.826. The van der Waals surface area contributed by atoms with Crippen LogP contribution in [0.25, 0.3) is 0 Å². The lowest BCUT2D eigenvalue weighted by molar-refractivity contribution is -0.201. The minimum absolute atomic E-state index is 0.408. The van der Waals surface area contributed by atoms with E-state index in [0.717, 1.165) is 4.88 Å². The number of rotatable bonds is 5. The first-order chi connectivity index (χ1) is 9.20. The molecule has 0 radical (unpaired) electrons. The van der Waals surface area contributed by atoms with Gasteiger partial charge in [-0.2, -0.15) is 13.2 Å². The standard InChI is InChI=1S/C11H13F3N2O3S/c1-6-2-3-7(20-6)10(19)16-5-9(18)15-4-8(17)11(12,13)14/h2-3,8,17H,4-5H2,1H3,(H,15,18)(H,16,19). The van der Waals surface area contributed by atoms with Crippen LogP contribution in [0.3, 0.4) is 0 Å². The fourth-order valence-electron chi connectivity index (χ4n) is 1.19. The van der Waals surface area contributed by atoms with Crippen molar-refractivity contribution in [3.63, 3.8) is 0 Å². The maximum atomic E-state index is 12.0. The van der Waals surface area contributed by atoms with Crippen LogP contribution in [0.4, 0.5) is 13.2 Å². The lowest BCUT2D eigenvalue weighted by Crippen LogP contribution is -2.44. The molecule has 1 heterocycles. The van der Waals surface area contributed by atoms with E-state index in [1.165, 1.54) is 11.3 Å². The van der Waals surface area contributed by atoms with E-state index in [1.54, 1.807) is 12.1 Å². The minimum atomic E-state index is -4.79. The number of aliphatic hydroxyl groups is 1. The molecular weight excluding hydrogens is 297 g/mol. The van der Waals surface area contributed by atoms with Crippen LogP contribution < -0.4 is 10.6 Å². The Kier molecular flexibility index (Phi) is 5.52. The second-order valence-electron chi connectivity index (χ2n) is 3.95. The molecule has 0 aromatic carbocycles. The first kappa shape index (κ1) is 16.4. The number of aliphatic hydroxyl groups excluding tert-OH is 1. The Morgan fingerprint density at radius 1 is 1.35 bits per heavy atom. The normalized spacial score (nSPS) is 12.8. The zero-order chi connectivity index (χ0) is 15.3. The van der Waals surface area contributed by atoms with E-state index in [4.69, 9.17) is 5.11 Å². The Balaban J connectivity index is 2.32. The Bertz CT molecular complexity index is 488. The summed E-state index contributed by atoms with van der Waals surface area (Å²) in [6.07, 6.45) is -7.41. The van der Waals surface area contributed by atoms with Crippen molar-refractivity contribution in [2.75, 3.05) is 13.1 Å². The van der Waals surface area contributed by atoms with Gasteiger partial charge in [0.25, 0.3) is 5.91 Å². The van der Waals surface area contributed by atoms with E-state index < -0.39 is 37.2 Å². The Hall–Kier alpha value is -1.61. The van der Waals surface area contributed by atoms with Crippen LogP contribution in [0.1, 0.15) is 14.5 Å². The molecule has 1 rings (SSSR count). The Morgan fingerprint density at radius 3 is 2.50 bits per heavy atom. The van der Waals surface area contributed by atoms with Crippen molar-refractivity contribution in [2.24, 2.45) is 0 Å². The highest BCUT2D eigenvalue weighted by molar-refractivity contribution is 7.13. The number of hydrogen-bond donors (Lipinski definition) is 3. The number of carbonyl (C=O) groups excluding carboxylic acids is 2. The van der Waals surface area contributed by atoms with Gasteiger partial charge in [-0.3, -0.25) is 9.59 Å². The monoisotopic (exact) mass is 310 g/mol. The number of carbonyl (C=O) groups is 2. The van der Waals surface area contributed by atoms with Gasteiger partial charge in [0, 0.05) is 4.88 Å². The molecule has 112 valence electrons. The summed E-state index contributed by atoms with van der Waals surface area (Å²) in [6.45, 7) is 0.406. The lowest BCUT2D eigenvalue weighted by Gasteiger charge is -2.15. The highest BCUT2D eigenvalue weighted by Gasteiger charge is 2.38. The fraction of sp³-hybridized carbons (Fsp3) is 0.455. The van der Waals surface area contributed by atoms with E-state index in [1.807, 2.05) is 12.2 Å². The van der Waals surface area contributed by atoms with Crippen molar-refractivity contribution in [3.05, 3.63) is 21.9 Å². The first-order valence-corrected chi connectivity index (χ1v) is 6.38. The van der Waals surface area contributed by atoms with E-state index in [0.29, 0.717) is 4.88 Å². The maximum Gasteiger partial charge on any atom is 0.416 e. The summed E-state index contributed by atoms with van der Waals surface area (Å²) in [7, 11) is 0. The molecule has 1 aromatic rings. The summed E-state index contributed by atoms with van der Waals surface area (Å²) in [5.41, 5.74) is 0.